The Morgan fingerprint density at radius 2 is 2.20 bits per heavy atom. The number of hydrogen-bond acceptors (Lipinski definition) is 3. The highest BCUT2D eigenvalue weighted by Gasteiger charge is 2.04. The molecule has 0 bridgehead atoms. The van der Waals surface area contributed by atoms with E-state index in [0.717, 1.165) is 5.56 Å². The van der Waals surface area contributed by atoms with E-state index in [4.69, 9.17) is 5.11 Å². The smallest absolute Gasteiger partial charge is 0.267 e. The Morgan fingerprint density at radius 3 is 2.90 bits per heavy atom. The average molecular weight is 272 g/mol. The maximum absolute atomic E-state index is 13.5. The molecule has 2 aromatic rings. The summed E-state index contributed by atoms with van der Waals surface area (Å²) < 4.78 is 14.8. The fourth-order valence-electron chi connectivity index (χ4n) is 1.72. The van der Waals surface area contributed by atoms with Crippen LogP contribution in [0.4, 0.5) is 4.39 Å². The molecule has 0 aliphatic rings. The standard InChI is InChI=1S/C15H13FN2O2/c1-11-7-15(20)18(17-9-11)10-12-4-5-14(16)13(8-12)3-2-6-19/h4-5,7-9,19H,6,10H2,1H3. The van der Waals surface area contributed by atoms with Gasteiger partial charge in [0.15, 0.2) is 0 Å². The van der Waals surface area contributed by atoms with Crippen molar-refractivity contribution in [1.29, 1.82) is 0 Å². The number of halogens is 1. The Morgan fingerprint density at radius 1 is 1.40 bits per heavy atom. The van der Waals surface area contributed by atoms with Crippen molar-refractivity contribution in [1.82, 2.24) is 9.78 Å². The monoisotopic (exact) mass is 272 g/mol. The Kier molecular flexibility index (Phi) is 4.28. The van der Waals surface area contributed by atoms with E-state index in [-0.39, 0.29) is 24.3 Å². The van der Waals surface area contributed by atoms with Gasteiger partial charge in [0.2, 0.25) is 0 Å². The van der Waals surface area contributed by atoms with Crippen molar-refractivity contribution in [3.63, 3.8) is 0 Å². The van der Waals surface area contributed by atoms with Gasteiger partial charge < -0.3 is 5.11 Å². The summed E-state index contributed by atoms with van der Waals surface area (Å²) in [6.07, 6.45) is 1.59. The molecule has 5 heteroatoms. The van der Waals surface area contributed by atoms with Gasteiger partial charge in [-0.1, -0.05) is 17.9 Å². The van der Waals surface area contributed by atoms with E-state index in [1.54, 1.807) is 25.3 Å². The van der Waals surface area contributed by atoms with E-state index in [0.29, 0.717) is 5.56 Å². The molecular weight excluding hydrogens is 259 g/mol. The molecule has 102 valence electrons. The second kappa shape index (κ2) is 6.13. The number of aryl methyl sites for hydroxylation is 1. The first-order valence-electron chi connectivity index (χ1n) is 6.02. The summed E-state index contributed by atoms with van der Waals surface area (Å²) in [5.41, 5.74) is 1.49. The molecule has 1 aromatic carbocycles. The zero-order chi connectivity index (χ0) is 14.5. The number of rotatable bonds is 2. The predicted molar refractivity (Wildman–Crippen MR) is 72.7 cm³/mol. The molecule has 4 nitrogen and oxygen atoms in total. The van der Waals surface area contributed by atoms with Gasteiger partial charge in [-0.2, -0.15) is 5.10 Å². The lowest BCUT2D eigenvalue weighted by Crippen LogP contribution is -2.22. The predicted octanol–water partition coefficient (Wildman–Crippen LogP) is 1.08. The van der Waals surface area contributed by atoms with Crippen LogP contribution in [-0.2, 0) is 6.54 Å². The van der Waals surface area contributed by atoms with Crippen LogP contribution in [0.15, 0.2) is 35.3 Å². The molecule has 0 spiro atoms. The summed E-state index contributed by atoms with van der Waals surface area (Å²) in [5, 5.41) is 12.7. The van der Waals surface area contributed by atoms with Gasteiger partial charge in [0, 0.05) is 6.07 Å². The molecule has 1 N–H and O–H groups in total. The number of aliphatic hydroxyl groups is 1. The fraction of sp³-hybridized carbons (Fsp3) is 0.200. The summed E-state index contributed by atoms with van der Waals surface area (Å²) in [7, 11) is 0. The van der Waals surface area contributed by atoms with Crippen LogP contribution in [-0.4, -0.2) is 21.5 Å². The Labute approximate surface area is 115 Å². The third-order valence-corrected chi connectivity index (χ3v) is 2.67. The van der Waals surface area contributed by atoms with E-state index in [1.807, 2.05) is 0 Å². The first-order chi connectivity index (χ1) is 9.60. The molecule has 20 heavy (non-hydrogen) atoms. The van der Waals surface area contributed by atoms with E-state index in [9.17, 15) is 9.18 Å². The molecule has 0 saturated heterocycles. The number of hydrogen-bond donors (Lipinski definition) is 1. The molecule has 0 aliphatic heterocycles. The van der Waals surface area contributed by atoms with Crippen LogP contribution >= 0.6 is 0 Å². The van der Waals surface area contributed by atoms with Crippen molar-refractivity contribution < 1.29 is 9.50 Å². The maximum atomic E-state index is 13.5. The van der Waals surface area contributed by atoms with Gasteiger partial charge >= 0.3 is 0 Å². The lowest BCUT2D eigenvalue weighted by molar-refractivity contribution is 0.350. The molecule has 0 unspecified atom stereocenters. The van der Waals surface area contributed by atoms with Crippen LogP contribution < -0.4 is 5.56 Å². The van der Waals surface area contributed by atoms with Crippen molar-refractivity contribution in [3.8, 4) is 11.8 Å². The number of benzene rings is 1. The lowest BCUT2D eigenvalue weighted by atomic mass is 10.1. The van der Waals surface area contributed by atoms with Crippen LogP contribution in [0.1, 0.15) is 16.7 Å². The maximum Gasteiger partial charge on any atom is 0.267 e. The summed E-state index contributed by atoms with van der Waals surface area (Å²) >= 11 is 0. The highest BCUT2D eigenvalue weighted by molar-refractivity contribution is 5.38. The third-order valence-electron chi connectivity index (χ3n) is 2.67. The highest BCUT2D eigenvalue weighted by Crippen LogP contribution is 2.10. The molecule has 0 saturated carbocycles. The Balaban J connectivity index is 2.32. The van der Waals surface area contributed by atoms with Crippen LogP contribution in [0.3, 0.4) is 0 Å². The quantitative estimate of drug-likeness (QED) is 0.832. The molecule has 0 fully saturated rings. The third kappa shape index (κ3) is 3.31. The number of aliphatic hydroxyl groups excluding tert-OH is 1. The van der Waals surface area contributed by atoms with Gasteiger partial charge in [-0.05, 0) is 30.2 Å². The van der Waals surface area contributed by atoms with Crippen molar-refractivity contribution in [2.45, 2.75) is 13.5 Å². The first kappa shape index (κ1) is 14.0. The fourth-order valence-corrected chi connectivity index (χ4v) is 1.72. The van der Waals surface area contributed by atoms with Crippen molar-refractivity contribution in [2.75, 3.05) is 6.61 Å². The minimum absolute atomic E-state index is 0.191. The topological polar surface area (TPSA) is 55.1 Å². The lowest BCUT2D eigenvalue weighted by Gasteiger charge is -2.05. The molecule has 1 heterocycles. The molecule has 0 aliphatic carbocycles. The Bertz CT molecular complexity index is 742. The van der Waals surface area contributed by atoms with Gasteiger partial charge in [0.25, 0.3) is 5.56 Å². The van der Waals surface area contributed by atoms with Crippen LogP contribution in [0.5, 0.6) is 0 Å². The molecule has 0 radical (unpaired) electrons. The van der Waals surface area contributed by atoms with E-state index >= 15 is 0 Å². The largest absolute Gasteiger partial charge is 0.384 e. The number of aromatic nitrogens is 2. The highest BCUT2D eigenvalue weighted by atomic mass is 19.1. The summed E-state index contributed by atoms with van der Waals surface area (Å²) in [6.45, 7) is 1.70. The van der Waals surface area contributed by atoms with Gasteiger partial charge in [0.05, 0.1) is 18.3 Å². The molecule has 1 aromatic heterocycles. The van der Waals surface area contributed by atoms with Crippen LogP contribution in [0.2, 0.25) is 0 Å². The van der Waals surface area contributed by atoms with Crippen LogP contribution in [0, 0.1) is 24.6 Å². The van der Waals surface area contributed by atoms with E-state index < -0.39 is 5.82 Å². The molecule has 2 rings (SSSR count). The van der Waals surface area contributed by atoms with Crippen molar-refractivity contribution in [2.24, 2.45) is 0 Å². The van der Waals surface area contributed by atoms with Gasteiger partial charge in [-0.25, -0.2) is 9.07 Å². The van der Waals surface area contributed by atoms with Gasteiger partial charge in [0.1, 0.15) is 12.4 Å². The second-order valence-electron chi connectivity index (χ2n) is 4.30. The average Bonchev–Trinajstić information content (AvgIpc) is 2.42. The van der Waals surface area contributed by atoms with E-state index in [1.165, 1.54) is 16.8 Å². The van der Waals surface area contributed by atoms with E-state index in [2.05, 4.69) is 16.9 Å². The second-order valence-corrected chi connectivity index (χ2v) is 4.30. The SMILES string of the molecule is Cc1cnn(Cc2ccc(F)c(C#CCO)c2)c(=O)c1. The normalized spacial score (nSPS) is 9.95. The van der Waals surface area contributed by atoms with Gasteiger partial charge in [-0.15, -0.1) is 0 Å². The molecule has 0 amide bonds. The van der Waals surface area contributed by atoms with Crippen molar-refractivity contribution in [3.05, 3.63) is 63.3 Å². The minimum Gasteiger partial charge on any atom is -0.384 e. The summed E-state index contributed by atoms with van der Waals surface area (Å²) in [6, 6.07) is 5.90. The summed E-state index contributed by atoms with van der Waals surface area (Å²) in [4.78, 5) is 11.7. The molecular formula is C15H13FN2O2. The Hall–Kier alpha value is -2.45. The summed E-state index contributed by atoms with van der Waals surface area (Å²) in [5.74, 6) is 4.47. The van der Waals surface area contributed by atoms with Gasteiger partial charge in [-0.3, -0.25) is 4.79 Å². The minimum atomic E-state index is -0.459. The zero-order valence-electron chi connectivity index (χ0n) is 10.9. The van der Waals surface area contributed by atoms with Crippen LogP contribution in [0.25, 0.3) is 0 Å². The molecule has 0 atom stereocenters. The van der Waals surface area contributed by atoms with Crippen molar-refractivity contribution >= 4 is 0 Å². The zero-order valence-corrected chi connectivity index (χ0v) is 10.9. The first-order valence-corrected chi connectivity index (χ1v) is 6.02. The number of nitrogens with zero attached hydrogens (tertiary/aromatic N) is 2.